The molecule has 7 nitrogen and oxygen atoms in total. The fourth-order valence-electron chi connectivity index (χ4n) is 3.09. The van der Waals surface area contributed by atoms with Crippen LogP contribution in [0, 0.1) is 5.82 Å². The van der Waals surface area contributed by atoms with E-state index in [4.69, 9.17) is 0 Å². The molecule has 10 heteroatoms. The maximum atomic E-state index is 14.4. The number of thiazole rings is 1. The molecule has 158 valence electrons. The van der Waals surface area contributed by atoms with Crippen molar-refractivity contribution in [1.29, 1.82) is 0 Å². The van der Waals surface area contributed by atoms with Crippen molar-refractivity contribution < 1.29 is 18.8 Å². The van der Waals surface area contributed by atoms with Crippen LogP contribution in [0.5, 0.6) is 0 Å². The van der Waals surface area contributed by atoms with Crippen LogP contribution >= 0.6 is 23.1 Å². The van der Waals surface area contributed by atoms with Crippen molar-refractivity contribution in [1.82, 2.24) is 4.98 Å². The van der Waals surface area contributed by atoms with Crippen LogP contribution in [0.3, 0.4) is 0 Å². The molecule has 3 amide bonds. The Bertz CT molecular complexity index is 1180. The first-order valence-electron chi connectivity index (χ1n) is 9.26. The highest BCUT2D eigenvalue weighted by atomic mass is 32.2. The van der Waals surface area contributed by atoms with Crippen LogP contribution in [0.2, 0.25) is 0 Å². The van der Waals surface area contributed by atoms with Crippen molar-refractivity contribution in [3.8, 4) is 11.3 Å². The molecule has 2 heterocycles. The highest BCUT2D eigenvalue weighted by molar-refractivity contribution is 8.00. The number of hydrogen-bond acceptors (Lipinski definition) is 6. The average Bonchev–Trinajstić information content (AvgIpc) is 3.18. The van der Waals surface area contributed by atoms with E-state index in [-0.39, 0.29) is 29.7 Å². The molecule has 1 aliphatic heterocycles. The summed E-state index contributed by atoms with van der Waals surface area (Å²) in [6.45, 7) is 1.21. The number of thioether (sulfide) groups is 1. The van der Waals surface area contributed by atoms with Gasteiger partial charge in [-0.15, -0.1) is 23.1 Å². The number of carbonyl (C=O) groups excluding carboxylic acids is 3. The third-order valence-corrected chi connectivity index (χ3v) is 6.23. The SMILES string of the molecule is CC(=O)Nc1ccc(-c2csc(NC(=O)CN3C(=O)CSc4ccccc43)n2)c(F)c1. The first-order valence-corrected chi connectivity index (χ1v) is 11.1. The predicted octanol–water partition coefficient (Wildman–Crippen LogP) is 3.99. The predicted molar refractivity (Wildman–Crippen MR) is 120 cm³/mol. The highest BCUT2D eigenvalue weighted by Gasteiger charge is 2.26. The van der Waals surface area contributed by atoms with E-state index in [0.29, 0.717) is 22.2 Å². The van der Waals surface area contributed by atoms with E-state index < -0.39 is 11.7 Å². The number of aromatic nitrogens is 1. The molecular weight excluding hydrogens is 439 g/mol. The minimum absolute atomic E-state index is 0.134. The van der Waals surface area contributed by atoms with Crippen molar-refractivity contribution in [2.45, 2.75) is 11.8 Å². The smallest absolute Gasteiger partial charge is 0.246 e. The van der Waals surface area contributed by atoms with Gasteiger partial charge in [-0.1, -0.05) is 12.1 Å². The number of anilines is 3. The van der Waals surface area contributed by atoms with Gasteiger partial charge in [-0.3, -0.25) is 14.4 Å². The molecule has 0 saturated carbocycles. The van der Waals surface area contributed by atoms with Crippen LogP contribution in [0.25, 0.3) is 11.3 Å². The molecule has 3 aromatic rings. The normalized spacial score (nSPS) is 13.0. The molecule has 0 unspecified atom stereocenters. The lowest BCUT2D eigenvalue weighted by atomic mass is 10.1. The number of para-hydroxylation sites is 1. The molecule has 2 aromatic carbocycles. The molecule has 1 aliphatic rings. The Balaban J connectivity index is 1.45. The summed E-state index contributed by atoms with van der Waals surface area (Å²) in [5.74, 6) is -1.08. The van der Waals surface area contributed by atoms with Gasteiger partial charge in [0.15, 0.2) is 5.13 Å². The van der Waals surface area contributed by atoms with Gasteiger partial charge in [-0.2, -0.15) is 0 Å². The Morgan fingerprint density at radius 2 is 2.00 bits per heavy atom. The second kappa shape index (κ2) is 8.86. The number of nitrogens with zero attached hydrogens (tertiary/aromatic N) is 2. The van der Waals surface area contributed by atoms with Crippen molar-refractivity contribution in [3.05, 3.63) is 53.7 Å². The third kappa shape index (κ3) is 4.75. The van der Waals surface area contributed by atoms with Gasteiger partial charge in [0.05, 0.1) is 17.1 Å². The summed E-state index contributed by atoms with van der Waals surface area (Å²) in [5, 5.41) is 7.13. The van der Waals surface area contributed by atoms with E-state index >= 15 is 0 Å². The van der Waals surface area contributed by atoms with Crippen molar-refractivity contribution in [2.24, 2.45) is 0 Å². The topological polar surface area (TPSA) is 91.4 Å². The number of halogens is 1. The summed E-state index contributed by atoms with van der Waals surface area (Å²) in [6, 6.07) is 11.7. The number of amides is 3. The maximum Gasteiger partial charge on any atom is 0.246 e. The maximum absolute atomic E-state index is 14.4. The number of nitrogens with one attached hydrogen (secondary N) is 2. The lowest BCUT2D eigenvalue weighted by Crippen LogP contribution is -2.41. The molecule has 31 heavy (non-hydrogen) atoms. The van der Waals surface area contributed by atoms with Crippen LogP contribution in [0.15, 0.2) is 52.7 Å². The zero-order valence-electron chi connectivity index (χ0n) is 16.3. The average molecular weight is 457 g/mol. The second-order valence-electron chi connectivity index (χ2n) is 6.70. The van der Waals surface area contributed by atoms with Crippen molar-refractivity contribution >= 4 is 57.3 Å². The van der Waals surface area contributed by atoms with Gasteiger partial charge in [0.2, 0.25) is 17.7 Å². The van der Waals surface area contributed by atoms with Crippen LogP contribution in [0.4, 0.5) is 20.9 Å². The molecule has 0 saturated heterocycles. The molecule has 0 bridgehead atoms. The second-order valence-corrected chi connectivity index (χ2v) is 8.57. The largest absolute Gasteiger partial charge is 0.326 e. The molecule has 4 rings (SSSR count). The van der Waals surface area contributed by atoms with E-state index in [0.717, 1.165) is 16.2 Å². The fraction of sp³-hybridized carbons (Fsp3) is 0.143. The van der Waals surface area contributed by atoms with Gasteiger partial charge in [-0.05, 0) is 30.3 Å². The summed E-state index contributed by atoms with van der Waals surface area (Å²) in [5.41, 5.74) is 1.67. The molecular formula is C21H17FN4O3S2. The van der Waals surface area contributed by atoms with Crippen LogP contribution < -0.4 is 15.5 Å². The summed E-state index contributed by atoms with van der Waals surface area (Å²) >= 11 is 2.60. The van der Waals surface area contributed by atoms with Gasteiger partial charge in [-0.25, -0.2) is 9.37 Å². The van der Waals surface area contributed by atoms with Crippen molar-refractivity contribution in [3.63, 3.8) is 0 Å². The van der Waals surface area contributed by atoms with Gasteiger partial charge in [0, 0.05) is 28.5 Å². The molecule has 0 fully saturated rings. The highest BCUT2D eigenvalue weighted by Crippen LogP contribution is 2.35. The number of hydrogen-bond donors (Lipinski definition) is 2. The Hall–Kier alpha value is -3.24. The Kier molecular flexibility index (Phi) is 6.01. The minimum atomic E-state index is -0.539. The number of benzene rings is 2. The summed E-state index contributed by atoms with van der Waals surface area (Å²) in [7, 11) is 0. The van der Waals surface area contributed by atoms with Crippen LogP contribution in [-0.4, -0.2) is 35.0 Å². The van der Waals surface area contributed by atoms with E-state index in [2.05, 4.69) is 15.6 Å². The molecule has 0 spiro atoms. The van der Waals surface area contributed by atoms with Crippen molar-refractivity contribution in [2.75, 3.05) is 27.8 Å². The summed E-state index contributed by atoms with van der Waals surface area (Å²) in [6.07, 6.45) is 0. The van der Waals surface area contributed by atoms with Gasteiger partial charge < -0.3 is 15.5 Å². The summed E-state index contributed by atoms with van der Waals surface area (Å²) in [4.78, 5) is 42.6. The Labute approximate surface area is 185 Å². The first kappa shape index (κ1) is 21.0. The van der Waals surface area contributed by atoms with E-state index in [1.807, 2.05) is 24.3 Å². The van der Waals surface area contributed by atoms with Gasteiger partial charge in [0.25, 0.3) is 0 Å². The molecule has 1 aromatic heterocycles. The molecule has 0 radical (unpaired) electrons. The zero-order valence-corrected chi connectivity index (χ0v) is 18.0. The van der Waals surface area contributed by atoms with E-state index in [1.54, 1.807) is 11.4 Å². The molecule has 0 atom stereocenters. The minimum Gasteiger partial charge on any atom is -0.326 e. The van der Waals surface area contributed by atoms with Crippen LogP contribution in [-0.2, 0) is 14.4 Å². The first-order chi connectivity index (χ1) is 14.9. The van der Waals surface area contributed by atoms with Crippen LogP contribution in [0.1, 0.15) is 6.92 Å². The quantitative estimate of drug-likeness (QED) is 0.606. The monoisotopic (exact) mass is 456 g/mol. The van der Waals surface area contributed by atoms with E-state index in [9.17, 15) is 18.8 Å². The Morgan fingerprint density at radius 1 is 1.19 bits per heavy atom. The number of rotatable bonds is 5. The lowest BCUT2D eigenvalue weighted by molar-refractivity contribution is -0.120. The van der Waals surface area contributed by atoms with E-state index in [1.165, 1.54) is 35.7 Å². The van der Waals surface area contributed by atoms with Gasteiger partial charge in [0.1, 0.15) is 12.4 Å². The van der Waals surface area contributed by atoms with Gasteiger partial charge >= 0.3 is 0 Å². The lowest BCUT2D eigenvalue weighted by Gasteiger charge is -2.28. The number of carbonyl (C=O) groups is 3. The summed E-state index contributed by atoms with van der Waals surface area (Å²) < 4.78 is 14.4. The number of fused-ring (bicyclic) bond motifs is 1. The fourth-order valence-corrected chi connectivity index (χ4v) is 4.75. The Morgan fingerprint density at radius 3 is 2.77 bits per heavy atom. The standard InChI is InChI=1S/C21H17FN4O3S2/c1-12(27)23-13-6-7-14(15(22)8-13)16-10-31-21(24-16)25-19(28)9-26-17-4-2-3-5-18(17)30-11-20(26)29/h2-8,10H,9,11H2,1H3,(H,23,27)(H,24,25,28). The third-order valence-electron chi connectivity index (χ3n) is 4.43. The zero-order chi connectivity index (χ0) is 22.0. The molecule has 2 N–H and O–H groups in total. The molecule has 0 aliphatic carbocycles.